The van der Waals surface area contributed by atoms with Gasteiger partial charge < -0.3 is 0 Å². The van der Waals surface area contributed by atoms with Crippen LogP contribution in [0.3, 0.4) is 0 Å². The van der Waals surface area contributed by atoms with E-state index in [0.29, 0.717) is 17.5 Å². The molecule has 8 aromatic rings. The standard InChI is InChI=1S/C37H23N3/c1-3-11-25(12-4-1)35-38-36(26-13-5-2-6-14-26)40-37(39-35)34-17-9-16-28-31-21-20-29-27-15-8-7-10-24(27)18-19-30(29)32(31)22-23-33(28)34/h1-23H. The molecule has 0 radical (unpaired) electrons. The normalized spacial score (nSPS) is 11.5. The summed E-state index contributed by atoms with van der Waals surface area (Å²) in [4.78, 5) is 14.8. The third kappa shape index (κ3) is 3.63. The first-order valence-corrected chi connectivity index (χ1v) is 13.5. The maximum absolute atomic E-state index is 4.99. The van der Waals surface area contributed by atoms with Crippen LogP contribution in [0.25, 0.3) is 77.3 Å². The van der Waals surface area contributed by atoms with Gasteiger partial charge in [0.25, 0.3) is 0 Å². The molecular weight excluding hydrogens is 486 g/mol. The Hall–Kier alpha value is -5.41. The topological polar surface area (TPSA) is 38.7 Å². The number of fused-ring (bicyclic) bond motifs is 7. The fraction of sp³-hybridized carbons (Fsp3) is 0. The number of hydrogen-bond donors (Lipinski definition) is 0. The summed E-state index contributed by atoms with van der Waals surface area (Å²) in [6.07, 6.45) is 0. The van der Waals surface area contributed by atoms with E-state index in [9.17, 15) is 0 Å². The van der Waals surface area contributed by atoms with Crippen LogP contribution in [0.15, 0.2) is 140 Å². The number of nitrogens with zero attached hydrogens (tertiary/aromatic N) is 3. The minimum Gasteiger partial charge on any atom is -0.208 e. The molecule has 3 heteroatoms. The third-order valence-corrected chi connectivity index (χ3v) is 7.72. The molecule has 0 aliphatic rings. The molecule has 0 unspecified atom stereocenters. The van der Waals surface area contributed by atoms with Crippen LogP contribution in [-0.4, -0.2) is 15.0 Å². The van der Waals surface area contributed by atoms with Gasteiger partial charge in [0.1, 0.15) is 0 Å². The predicted molar refractivity (Wildman–Crippen MR) is 166 cm³/mol. The average Bonchev–Trinajstić information content (AvgIpc) is 3.04. The van der Waals surface area contributed by atoms with E-state index in [2.05, 4.69) is 78.9 Å². The van der Waals surface area contributed by atoms with Crippen LogP contribution in [0.4, 0.5) is 0 Å². The summed E-state index contributed by atoms with van der Waals surface area (Å²) in [5.41, 5.74) is 2.93. The van der Waals surface area contributed by atoms with Crippen molar-refractivity contribution in [2.45, 2.75) is 0 Å². The molecule has 0 aliphatic carbocycles. The van der Waals surface area contributed by atoms with Gasteiger partial charge in [-0.15, -0.1) is 0 Å². The molecule has 0 saturated heterocycles. The van der Waals surface area contributed by atoms with Gasteiger partial charge in [0, 0.05) is 16.7 Å². The van der Waals surface area contributed by atoms with E-state index >= 15 is 0 Å². The van der Waals surface area contributed by atoms with E-state index in [1.807, 2.05) is 60.7 Å². The molecular formula is C37H23N3. The number of benzene rings is 7. The molecule has 0 N–H and O–H groups in total. The van der Waals surface area contributed by atoms with Crippen molar-refractivity contribution in [3.05, 3.63) is 140 Å². The fourth-order valence-electron chi connectivity index (χ4n) is 5.80. The second-order valence-electron chi connectivity index (χ2n) is 10.0. The summed E-state index contributed by atoms with van der Waals surface area (Å²) in [7, 11) is 0. The van der Waals surface area contributed by atoms with Crippen molar-refractivity contribution in [1.82, 2.24) is 15.0 Å². The molecule has 7 aromatic carbocycles. The minimum absolute atomic E-state index is 0.667. The van der Waals surface area contributed by atoms with Crippen molar-refractivity contribution < 1.29 is 0 Å². The summed E-state index contributed by atoms with van der Waals surface area (Å²) in [6, 6.07) is 48.7. The average molecular weight is 510 g/mol. The van der Waals surface area contributed by atoms with Crippen LogP contribution >= 0.6 is 0 Å². The van der Waals surface area contributed by atoms with Crippen LogP contribution in [0.1, 0.15) is 0 Å². The van der Waals surface area contributed by atoms with Crippen molar-refractivity contribution in [3.63, 3.8) is 0 Å². The van der Waals surface area contributed by atoms with Gasteiger partial charge in [-0.25, -0.2) is 15.0 Å². The maximum atomic E-state index is 4.99. The second kappa shape index (κ2) is 9.11. The summed E-state index contributed by atoms with van der Waals surface area (Å²) < 4.78 is 0. The van der Waals surface area contributed by atoms with Crippen molar-refractivity contribution in [2.75, 3.05) is 0 Å². The first-order valence-electron chi connectivity index (χ1n) is 13.5. The molecule has 1 aromatic heterocycles. The maximum Gasteiger partial charge on any atom is 0.164 e. The van der Waals surface area contributed by atoms with Gasteiger partial charge in [-0.2, -0.15) is 0 Å². The largest absolute Gasteiger partial charge is 0.208 e. The van der Waals surface area contributed by atoms with E-state index < -0.39 is 0 Å². The van der Waals surface area contributed by atoms with E-state index in [0.717, 1.165) is 22.1 Å². The SMILES string of the molecule is c1ccc(-c2nc(-c3ccccc3)nc(-c3cccc4c3ccc3c4ccc4c5ccccc5ccc43)n2)cc1. The van der Waals surface area contributed by atoms with Crippen molar-refractivity contribution in [1.29, 1.82) is 0 Å². The number of hydrogen-bond acceptors (Lipinski definition) is 3. The van der Waals surface area contributed by atoms with Gasteiger partial charge >= 0.3 is 0 Å². The highest BCUT2D eigenvalue weighted by Crippen LogP contribution is 2.37. The molecule has 0 saturated carbocycles. The van der Waals surface area contributed by atoms with Crippen LogP contribution < -0.4 is 0 Å². The Kier molecular flexibility index (Phi) is 5.14. The lowest BCUT2D eigenvalue weighted by Crippen LogP contribution is -2.00. The Morgan fingerprint density at radius 2 is 0.725 bits per heavy atom. The van der Waals surface area contributed by atoms with Crippen molar-refractivity contribution in [3.8, 4) is 34.2 Å². The Morgan fingerprint density at radius 1 is 0.275 bits per heavy atom. The predicted octanol–water partition coefficient (Wildman–Crippen LogP) is 9.49. The van der Waals surface area contributed by atoms with E-state index in [4.69, 9.17) is 15.0 Å². The zero-order valence-electron chi connectivity index (χ0n) is 21.6. The summed E-state index contributed by atoms with van der Waals surface area (Å²) in [5, 5.41) is 9.87. The van der Waals surface area contributed by atoms with E-state index in [1.54, 1.807) is 0 Å². The highest BCUT2D eigenvalue weighted by Gasteiger charge is 2.15. The van der Waals surface area contributed by atoms with E-state index in [-0.39, 0.29) is 0 Å². The zero-order chi connectivity index (χ0) is 26.5. The van der Waals surface area contributed by atoms with Crippen LogP contribution in [0.2, 0.25) is 0 Å². The smallest absolute Gasteiger partial charge is 0.164 e. The molecule has 40 heavy (non-hydrogen) atoms. The van der Waals surface area contributed by atoms with Crippen molar-refractivity contribution >= 4 is 43.1 Å². The minimum atomic E-state index is 0.667. The van der Waals surface area contributed by atoms with Gasteiger partial charge in [0.05, 0.1) is 0 Å². The molecule has 0 spiro atoms. The van der Waals surface area contributed by atoms with Crippen LogP contribution in [0, 0.1) is 0 Å². The lowest BCUT2D eigenvalue weighted by atomic mass is 9.93. The molecule has 0 fully saturated rings. The summed E-state index contributed by atoms with van der Waals surface area (Å²) in [6.45, 7) is 0. The lowest BCUT2D eigenvalue weighted by molar-refractivity contribution is 1.08. The van der Waals surface area contributed by atoms with Gasteiger partial charge in [-0.3, -0.25) is 0 Å². The van der Waals surface area contributed by atoms with Crippen LogP contribution in [0.5, 0.6) is 0 Å². The quantitative estimate of drug-likeness (QED) is 0.223. The van der Waals surface area contributed by atoms with Gasteiger partial charge in [-0.05, 0) is 43.1 Å². The summed E-state index contributed by atoms with van der Waals surface area (Å²) >= 11 is 0. The molecule has 3 nitrogen and oxygen atoms in total. The zero-order valence-corrected chi connectivity index (χ0v) is 21.6. The van der Waals surface area contributed by atoms with Crippen LogP contribution in [-0.2, 0) is 0 Å². The number of rotatable bonds is 3. The molecule has 186 valence electrons. The first-order chi connectivity index (χ1) is 19.8. The Labute approximate surface area is 231 Å². The molecule has 1 heterocycles. The van der Waals surface area contributed by atoms with Crippen molar-refractivity contribution in [2.24, 2.45) is 0 Å². The fourth-order valence-corrected chi connectivity index (χ4v) is 5.80. The van der Waals surface area contributed by atoms with Gasteiger partial charge in [0.15, 0.2) is 17.5 Å². The first kappa shape index (κ1) is 22.6. The molecule has 0 aliphatic heterocycles. The van der Waals surface area contributed by atoms with Gasteiger partial charge in [-0.1, -0.05) is 140 Å². The second-order valence-corrected chi connectivity index (χ2v) is 10.0. The lowest BCUT2D eigenvalue weighted by Gasteiger charge is -2.13. The van der Waals surface area contributed by atoms with Gasteiger partial charge in [0.2, 0.25) is 0 Å². The monoisotopic (exact) mass is 509 g/mol. The molecule has 0 amide bonds. The molecule has 8 rings (SSSR count). The molecule has 0 atom stereocenters. The Bertz CT molecular complexity index is 2150. The highest BCUT2D eigenvalue weighted by atomic mass is 15.0. The Morgan fingerprint density at radius 3 is 1.38 bits per heavy atom. The Balaban J connectivity index is 1.38. The number of aromatic nitrogens is 3. The third-order valence-electron chi connectivity index (χ3n) is 7.72. The van der Waals surface area contributed by atoms with E-state index in [1.165, 1.54) is 37.7 Å². The highest BCUT2D eigenvalue weighted by molar-refractivity contribution is 6.23. The summed E-state index contributed by atoms with van der Waals surface area (Å²) in [5.74, 6) is 2.00. The molecule has 0 bridgehead atoms.